The normalized spacial score (nSPS) is 10.1. The molecule has 0 N–H and O–H groups in total. The molecule has 0 amide bonds. The van der Waals surface area contributed by atoms with E-state index >= 15 is 0 Å². The van der Waals surface area contributed by atoms with Crippen molar-refractivity contribution in [3.05, 3.63) is 47.8 Å². The summed E-state index contributed by atoms with van der Waals surface area (Å²) in [7, 11) is 3.09. The van der Waals surface area contributed by atoms with Gasteiger partial charge in [0.25, 0.3) is 0 Å². The first-order valence-electron chi connectivity index (χ1n) is 5.50. The smallest absolute Gasteiger partial charge is 0.358 e. The molecular weight excluding hydrogens is 232 g/mol. The van der Waals surface area contributed by atoms with Gasteiger partial charge < -0.3 is 9.47 Å². The third kappa shape index (κ3) is 2.68. The predicted molar refractivity (Wildman–Crippen MR) is 65.3 cm³/mol. The summed E-state index contributed by atoms with van der Waals surface area (Å²) < 4.78 is 11.8. The van der Waals surface area contributed by atoms with Gasteiger partial charge in [-0.1, -0.05) is 18.2 Å². The van der Waals surface area contributed by atoms with Crippen molar-refractivity contribution >= 4 is 5.97 Å². The van der Waals surface area contributed by atoms with Crippen LogP contribution in [0.2, 0.25) is 0 Å². The molecule has 0 unspecified atom stereocenters. The SMILES string of the molecule is COC(=O)c1cc(COc2ccccc2)n(C)n1. The molecular formula is C13H14N2O3. The van der Waals surface area contributed by atoms with Gasteiger partial charge in [0, 0.05) is 7.05 Å². The first-order chi connectivity index (χ1) is 8.70. The number of aromatic nitrogens is 2. The molecule has 0 aliphatic carbocycles. The lowest BCUT2D eigenvalue weighted by atomic mass is 10.3. The van der Waals surface area contributed by atoms with Gasteiger partial charge in [-0.05, 0) is 18.2 Å². The molecule has 1 aromatic carbocycles. The number of aryl methyl sites for hydroxylation is 1. The van der Waals surface area contributed by atoms with E-state index in [9.17, 15) is 4.79 Å². The van der Waals surface area contributed by atoms with Crippen LogP contribution in [0, 0.1) is 0 Å². The Labute approximate surface area is 105 Å². The van der Waals surface area contributed by atoms with Crippen LogP contribution >= 0.6 is 0 Å². The quantitative estimate of drug-likeness (QED) is 0.772. The molecule has 94 valence electrons. The topological polar surface area (TPSA) is 53.4 Å². The first-order valence-corrected chi connectivity index (χ1v) is 5.50. The summed E-state index contributed by atoms with van der Waals surface area (Å²) in [5.41, 5.74) is 1.09. The van der Waals surface area contributed by atoms with Crippen LogP contribution in [-0.4, -0.2) is 22.9 Å². The Bertz CT molecular complexity index is 534. The predicted octanol–water partition coefficient (Wildman–Crippen LogP) is 1.79. The van der Waals surface area contributed by atoms with E-state index < -0.39 is 5.97 Å². The van der Waals surface area contributed by atoms with E-state index in [1.54, 1.807) is 17.8 Å². The van der Waals surface area contributed by atoms with E-state index in [2.05, 4.69) is 9.84 Å². The largest absolute Gasteiger partial charge is 0.487 e. The molecule has 1 aromatic heterocycles. The van der Waals surface area contributed by atoms with Crippen LogP contribution < -0.4 is 4.74 Å². The van der Waals surface area contributed by atoms with Crippen molar-refractivity contribution in [1.82, 2.24) is 9.78 Å². The van der Waals surface area contributed by atoms with Crippen molar-refractivity contribution in [3.8, 4) is 5.75 Å². The second kappa shape index (κ2) is 5.35. The molecule has 2 rings (SSSR count). The highest BCUT2D eigenvalue weighted by Gasteiger charge is 2.13. The molecule has 0 saturated heterocycles. The summed E-state index contributed by atoms with van der Waals surface area (Å²) in [4.78, 5) is 11.3. The maximum Gasteiger partial charge on any atom is 0.358 e. The van der Waals surface area contributed by atoms with Crippen molar-refractivity contribution in [2.24, 2.45) is 7.05 Å². The van der Waals surface area contributed by atoms with Crippen molar-refractivity contribution in [2.75, 3.05) is 7.11 Å². The van der Waals surface area contributed by atoms with E-state index in [0.717, 1.165) is 11.4 Å². The maximum absolute atomic E-state index is 11.3. The number of hydrogen-bond donors (Lipinski definition) is 0. The van der Waals surface area contributed by atoms with Crippen LogP contribution in [0.1, 0.15) is 16.2 Å². The zero-order valence-corrected chi connectivity index (χ0v) is 10.3. The fourth-order valence-corrected chi connectivity index (χ4v) is 1.52. The number of hydrogen-bond acceptors (Lipinski definition) is 4. The minimum Gasteiger partial charge on any atom is -0.487 e. The molecule has 0 saturated carbocycles. The van der Waals surface area contributed by atoms with Crippen molar-refractivity contribution in [3.63, 3.8) is 0 Å². The Hall–Kier alpha value is -2.30. The van der Waals surface area contributed by atoms with Crippen molar-refractivity contribution in [2.45, 2.75) is 6.61 Å². The fourth-order valence-electron chi connectivity index (χ4n) is 1.52. The van der Waals surface area contributed by atoms with E-state index in [4.69, 9.17) is 4.74 Å². The average molecular weight is 246 g/mol. The third-order valence-electron chi connectivity index (χ3n) is 2.50. The number of carbonyl (C=O) groups is 1. The van der Waals surface area contributed by atoms with Gasteiger partial charge in [0.15, 0.2) is 5.69 Å². The van der Waals surface area contributed by atoms with Gasteiger partial charge in [0.1, 0.15) is 12.4 Å². The van der Waals surface area contributed by atoms with Crippen LogP contribution in [0.25, 0.3) is 0 Å². The fraction of sp³-hybridized carbons (Fsp3) is 0.231. The third-order valence-corrected chi connectivity index (χ3v) is 2.50. The lowest BCUT2D eigenvalue weighted by Crippen LogP contribution is -2.04. The van der Waals surface area contributed by atoms with Gasteiger partial charge in [0.05, 0.1) is 12.8 Å². The molecule has 18 heavy (non-hydrogen) atoms. The van der Waals surface area contributed by atoms with Gasteiger partial charge in [0.2, 0.25) is 0 Å². The number of nitrogens with zero attached hydrogens (tertiary/aromatic N) is 2. The van der Waals surface area contributed by atoms with Crippen LogP contribution in [0.4, 0.5) is 0 Å². The molecule has 0 aliphatic heterocycles. The molecule has 5 nitrogen and oxygen atoms in total. The van der Waals surface area contributed by atoms with Gasteiger partial charge in [-0.3, -0.25) is 4.68 Å². The minimum atomic E-state index is -0.448. The number of benzene rings is 1. The highest BCUT2D eigenvalue weighted by atomic mass is 16.5. The van der Waals surface area contributed by atoms with E-state index in [1.807, 2.05) is 30.3 Å². The van der Waals surface area contributed by atoms with Crippen LogP contribution in [0.3, 0.4) is 0 Å². The standard InChI is InChI=1S/C13H14N2O3/c1-15-10(8-12(14-15)13(16)17-2)9-18-11-6-4-3-5-7-11/h3-8H,9H2,1-2H3. The van der Waals surface area contributed by atoms with Crippen molar-refractivity contribution < 1.29 is 14.3 Å². The monoisotopic (exact) mass is 246 g/mol. The Morgan fingerprint density at radius 2 is 2.06 bits per heavy atom. The van der Waals surface area contributed by atoms with Crippen LogP contribution in [0.15, 0.2) is 36.4 Å². The van der Waals surface area contributed by atoms with Gasteiger partial charge in [-0.2, -0.15) is 5.10 Å². The molecule has 0 bridgehead atoms. The summed E-state index contributed by atoms with van der Waals surface area (Å²) >= 11 is 0. The average Bonchev–Trinajstić information content (AvgIpc) is 2.78. The molecule has 0 aliphatic rings. The number of ether oxygens (including phenoxy) is 2. The number of para-hydroxylation sites is 1. The highest BCUT2D eigenvalue weighted by Crippen LogP contribution is 2.12. The lowest BCUT2D eigenvalue weighted by molar-refractivity contribution is 0.0593. The zero-order valence-electron chi connectivity index (χ0n) is 10.3. The molecule has 0 radical (unpaired) electrons. The van der Waals surface area contributed by atoms with E-state index in [-0.39, 0.29) is 5.69 Å². The maximum atomic E-state index is 11.3. The van der Waals surface area contributed by atoms with E-state index in [0.29, 0.717) is 6.61 Å². The Morgan fingerprint density at radius 1 is 1.33 bits per heavy atom. The number of carbonyl (C=O) groups excluding carboxylic acids is 1. The number of methoxy groups -OCH3 is 1. The van der Waals surface area contributed by atoms with Crippen molar-refractivity contribution in [1.29, 1.82) is 0 Å². The minimum absolute atomic E-state index is 0.284. The number of esters is 1. The van der Waals surface area contributed by atoms with Crippen LogP contribution in [0.5, 0.6) is 5.75 Å². The summed E-state index contributed by atoms with van der Waals surface area (Å²) in [5, 5.41) is 4.06. The molecule has 0 fully saturated rings. The molecule has 2 aromatic rings. The van der Waals surface area contributed by atoms with Crippen LogP contribution in [-0.2, 0) is 18.4 Å². The van der Waals surface area contributed by atoms with Gasteiger partial charge >= 0.3 is 5.97 Å². The van der Waals surface area contributed by atoms with Gasteiger partial charge in [-0.25, -0.2) is 4.79 Å². The summed E-state index contributed by atoms with van der Waals surface area (Å²) in [6.45, 7) is 0.352. The first kappa shape index (κ1) is 12.2. The summed E-state index contributed by atoms with van der Waals surface area (Å²) in [5.74, 6) is 0.329. The Balaban J connectivity index is 2.06. The molecule has 1 heterocycles. The zero-order chi connectivity index (χ0) is 13.0. The molecule has 5 heteroatoms. The molecule has 0 atom stereocenters. The Kier molecular flexibility index (Phi) is 3.62. The second-order valence-corrected chi connectivity index (χ2v) is 3.74. The second-order valence-electron chi connectivity index (χ2n) is 3.74. The summed E-state index contributed by atoms with van der Waals surface area (Å²) in [6, 6.07) is 11.1. The van der Waals surface area contributed by atoms with E-state index in [1.165, 1.54) is 7.11 Å². The molecule has 0 spiro atoms. The summed E-state index contributed by atoms with van der Waals surface area (Å²) in [6.07, 6.45) is 0. The Morgan fingerprint density at radius 3 is 2.72 bits per heavy atom. The number of rotatable bonds is 4. The lowest BCUT2D eigenvalue weighted by Gasteiger charge is -2.05. The highest BCUT2D eigenvalue weighted by molar-refractivity contribution is 5.87. The van der Waals surface area contributed by atoms with Gasteiger partial charge in [-0.15, -0.1) is 0 Å².